The Kier molecular flexibility index (Phi) is 10.0. The minimum absolute atomic E-state index is 0. The van der Waals surface area contributed by atoms with Crippen LogP contribution >= 0.6 is 12.4 Å². The summed E-state index contributed by atoms with van der Waals surface area (Å²) < 4.78 is 5.03. The van der Waals surface area contributed by atoms with Gasteiger partial charge in [-0.05, 0) is 36.6 Å². The third-order valence-electron chi connectivity index (χ3n) is 3.12. The van der Waals surface area contributed by atoms with Crippen LogP contribution in [0.25, 0.3) is 0 Å². The van der Waals surface area contributed by atoms with Crippen LogP contribution in [0.5, 0.6) is 5.75 Å². The number of carbonyl (C=O) groups excluding carboxylic acids is 2. The standard InChI is InChI=1S/C16H25N3O3.ClH/c1-11(2)10-14(17)16(21)19-9-8-18-15(20)12-4-6-13(22-3)7-5-12;/h4-7,11,14H,8-10,17H2,1-3H3,(H,18,20)(H,19,21);1H/t14-;/m0./s1. The number of amides is 2. The molecule has 0 aromatic heterocycles. The highest BCUT2D eigenvalue weighted by atomic mass is 35.5. The molecule has 6 nitrogen and oxygen atoms in total. The Bertz CT molecular complexity index is 492. The van der Waals surface area contributed by atoms with Gasteiger partial charge >= 0.3 is 0 Å². The summed E-state index contributed by atoms with van der Waals surface area (Å²) in [6, 6.07) is 6.32. The lowest BCUT2D eigenvalue weighted by Crippen LogP contribution is -2.44. The van der Waals surface area contributed by atoms with E-state index in [0.29, 0.717) is 36.7 Å². The normalized spacial score (nSPS) is 11.3. The fourth-order valence-electron chi connectivity index (χ4n) is 1.95. The molecule has 0 spiro atoms. The maximum absolute atomic E-state index is 11.9. The fourth-order valence-corrected chi connectivity index (χ4v) is 1.95. The van der Waals surface area contributed by atoms with E-state index in [1.807, 2.05) is 13.8 Å². The second-order valence-electron chi connectivity index (χ2n) is 5.51. The quantitative estimate of drug-likeness (QED) is 0.621. The number of carbonyl (C=O) groups is 2. The predicted octanol–water partition coefficient (Wildman–Crippen LogP) is 1.34. The zero-order chi connectivity index (χ0) is 16.5. The molecule has 7 heteroatoms. The van der Waals surface area contributed by atoms with Crippen molar-refractivity contribution in [2.75, 3.05) is 20.2 Å². The van der Waals surface area contributed by atoms with Gasteiger partial charge in [-0.3, -0.25) is 9.59 Å². The van der Waals surface area contributed by atoms with E-state index >= 15 is 0 Å². The van der Waals surface area contributed by atoms with E-state index in [9.17, 15) is 9.59 Å². The first-order valence-corrected chi connectivity index (χ1v) is 7.39. The Morgan fingerprint density at radius 3 is 2.22 bits per heavy atom. The van der Waals surface area contributed by atoms with E-state index in [1.54, 1.807) is 31.4 Å². The highest BCUT2D eigenvalue weighted by Crippen LogP contribution is 2.10. The van der Waals surface area contributed by atoms with E-state index in [2.05, 4.69) is 10.6 Å². The second-order valence-corrected chi connectivity index (χ2v) is 5.51. The van der Waals surface area contributed by atoms with Crippen LogP contribution in [-0.4, -0.2) is 38.1 Å². The Labute approximate surface area is 143 Å². The van der Waals surface area contributed by atoms with Crippen molar-refractivity contribution < 1.29 is 14.3 Å². The molecule has 0 heterocycles. The highest BCUT2D eigenvalue weighted by molar-refractivity contribution is 5.94. The van der Waals surface area contributed by atoms with Crippen molar-refractivity contribution in [3.63, 3.8) is 0 Å². The molecule has 0 saturated carbocycles. The molecule has 0 radical (unpaired) electrons. The number of hydrogen-bond donors (Lipinski definition) is 3. The highest BCUT2D eigenvalue weighted by Gasteiger charge is 2.14. The zero-order valence-corrected chi connectivity index (χ0v) is 14.6. The number of halogens is 1. The first kappa shape index (κ1) is 21.2. The van der Waals surface area contributed by atoms with Gasteiger partial charge in [0, 0.05) is 18.7 Å². The number of benzene rings is 1. The van der Waals surface area contributed by atoms with Gasteiger partial charge in [0.25, 0.3) is 5.91 Å². The van der Waals surface area contributed by atoms with E-state index in [0.717, 1.165) is 0 Å². The van der Waals surface area contributed by atoms with Gasteiger partial charge in [-0.1, -0.05) is 13.8 Å². The average Bonchev–Trinajstić information content (AvgIpc) is 2.50. The molecule has 0 unspecified atom stereocenters. The lowest BCUT2D eigenvalue weighted by Gasteiger charge is -2.14. The molecule has 0 aliphatic carbocycles. The monoisotopic (exact) mass is 343 g/mol. The molecule has 0 aliphatic rings. The number of methoxy groups -OCH3 is 1. The zero-order valence-electron chi connectivity index (χ0n) is 13.8. The summed E-state index contributed by atoms with van der Waals surface area (Å²) in [6.07, 6.45) is 0.643. The molecule has 1 aromatic carbocycles. The predicted molar refractivity (Wildman–Crippen MR) is 93.0 cm³/mol. The first-order valence-electron chi connectivity index (χ1n) is 7.39. The lowest BCUT2D eigenvalue weighted by atomic mass is 10.0. The van der Waals surface area contributed by atoms with Crippen molar-refractivity contribution in [2.24, 2.45) is 11.7 Å². The minimum atomic E-state index is -0.503. The van der Waals surface area contributed by atoms with Crippen LogP contribution in [0.3, 0.4) is 0 Å². The molecule has 2 amide bonds. The maximum Gasteiger partial charge on any atom is 0.251 e. The summed E-state index contributed by atoms with van der Waals surface area (Å²) in [7, 11) is 1.57. The van der Waals surface area contributed by atoms with Gasteiger partial charge < -0.3 is 21.1 Å². The largest absolute Gasteiger partial charge is 0.497 e. The third-order valence-corrected chi connectivity index (χ3v) is 3.12. The molecule has 23 heavy (non-hydrogen) atoms. The van der Waals surface area contributed by atoms with Crippen LogP contribution in [0.15, 0.2) is 24.3 Å². The van der Waals surface area contributed by atoms with Crippen molar-refractivity contribution >= 4 is 24.2 Å². The molecular formula is C16H26ClN3O3. The molecule has 1 rings (SSSR count). The summed E-state index contributed by atoms with van der Waals surface area (Å²) >= 11 is 0. The number of rotatable bonds is 8. The van der Waals surface area contributed by atoms with Gasteiger partial charge in [-0.15, -0.1) is 12.4 Å². The molecule has 0 fully saturated rings. The number of nitrogens with one attached hydrogen (secondary N) is 2. The summed E-state index contributed by atoms with van der Waals surface area (Å²) in [5.74, 6) is 0.689. The fraction of sp³-hybridized carbons (Fsp3) is 0.500. The summed E-state index contributed by atoms with van der Waals surface area (Å²) in [6.45, 7) is 4.74. The molecule has 1 atom stereocenters. The summed E-state index contributed by atoms with van der Waals surface area (Å²) in [4.78, 5) is 23.6. The van der Waals surface area contributed by atoms with Gasteiger partial charge in [-0.25, -0.2) is 0 Å². The Hall–Kier alpha value is -1.79. The molecule has 0 aliphatic heterocycles. The number of hydrogen-bond acceptors (Lipinski definition) is 4. The van der Waals surface area contributed by atoms with Crippen LogP contribution in [0, 0.1) is 5.92 Å². The molecule has 1 aromatic rings. The van der Waals surface area contributed by atoms with Crippen molar-refractivity contribution in [3.8, 4) is 5.75 Å². The van der Waals surface area contributed by atoms with E-state index in [-0.39, 0.29) is 24.2 Å². The third kappa shape index (κ3) is 7.85. The van der Waals surface area contributed by atoms with Gasteiger partial charge in [0.15, 0.2) is 0 Å². The molecule has 0 saturated heterocycles. The summed E-state index contributed by atoms with van der Waals surface area (Å²) in [5, 5.41) is 5.45. The van der Waals surface area contributed by atoms with Crippen LogP contribution in [0.4, 0.5) is 0 Å². The number of ether oxygens (including phenoxy) is 1. The molecular weight excluding hydrogens is 318 g/mol. The van der Waals surface area contributed by atoms with E-state index in [1.165, 1.54) is 0 Å². The SMILES string of the molecule is COc1ccc(C(=O)NCCNC(=O)[C@@H](N)CC(C)C)cc1.Cl. The van der Waals surface area contributed by atoms with E-state index in [4.69, 9.17) is 10.5 Å². The van der Waals surface area contributed by atoms with Gasteiger partial charge in [0.2, 0.25) is 5.91 Å². The van der Waals surface area contributed by atoms with Crippen LogP contribution in [-0.2, 0) is 4.79 Å². The lowest BCUT2D eigenvalue weighted by molar-refractivity contribution is -0.122. The second kappa shape index (κ2) is 10.9. The van der Waals surface area contributed by atoms with Gasteiger partial charge in [0.05, 0.1) is 13.2 Å². The van der Waals surface area contributed by atoms with Crippen LogP contribution < -0.4 is 21.1 Å². The Morgan fingerprint density at radius 2 is 1.70 bits per heavy atom. The topological polar surface area (TPSA) is 93.5 Å². The molecule has 4 N–H and O–H groups in total. The number of nitrogens with two attached hydrogens (primary N) is 1. The Morgan fingerprint density at radius 1 is 1.13 bits per heavy atom. The maximum atomic E-state index is 11.9. The molecule has 130 valence electrons. The first-order chi connectivity index (χ1) is 10.4. The Balaban J connectivity index is 0.00000484. The molecule has 0 bridgehead atoms. The van der Waals surface area contributed by atoms with Gasteiger partial charge in [-0.2, -0.15) is 0 Å². The van der Waals surface area contributed by atoms with Crippen LogP contribution in [0.2, 0.25) is 0 Å². The van der Waals surface area contributed by atoms with Crippen molar-refractivity contribution in [2.45, 2.75) is 26.3 Å². The van der Waals surface area contributed by atoms with Crippen molar-refractivity contribution in [1.29, 1.82) is 0 Å². The van der Waals surface area contributed by atoms with Crippen LogP contribution in [0.1, 0.15) is 30.6 Å². The van der Waals surface area contributed by atoms with E-state index < -0.39 is 6.04 Å². The smallest absolute Gasteiger partial charge is 0.251 e. The minimum Gasteiger partial charge on any atom is -0.497 e. The van der Waals surface area contributed by atoms with Crippen molar-refractivity contribution in [3.05, 3.63) is 29.8 Å². The average molecular weight is 344 g/mol. The summed E-state index contributed by atoms with van der Waals surface area (Å²) in [5.41, 5.74) is 6.31. The van der Waals surface area contributed by atoms with Gasteiger partial charge in [0.1, 0.15) is 5.75 Å². The van der Waals surface area contributed by atoms with Crippen molar-refractivity contribution in [1.82, 2.24) is 10.6 Å².